The lowest BCUT2D eigenvalue weighted by molar-refractivity contribution is 0.297. The molecular weight excluding hydrogens is 242 g/mol. The summed E-state index contributed by atoms with van der Waals surface area (Å²) in [4.78, 5) is 0. The summed E-state index contributed by atoms with van der Waals surface area (Å²) in [6.45, 7) is 3.99. The lowest BCUT2D eigenvalue weighted by atomic mass is 10.2. The summed E-state index contributed by atoms with van der Waals surface area (Å²) in [6.07, 6.45) is 2.69. The van der Waals surface area contributed by atoms with Gasteiger partial charge in [-0.15, -0.1) is 0 Å². The van der Waals surface area contributed by atoms with Crippen LogP contribution >= 0.6 is 0 Å². The Bertz CT molecular complexity index is 592. The van der Waals surface area contributed by atoms with Crippen molar-refractivity contribution in [1.82, 2.24) is 9.78 Å². The Hall–Kier alpha value is -2.17. The van der Waals surface area contributed by atoms with Gasteiger partial charge in [0, 0.05) is 12.0 Å². The Morgan fingerprint density at radius 1 is 1.26 bits per heavy atom. The standard InChI is InChI=1S/C14H17N3O2/c1-10-8-16-17(14(10)15)9-11-3-4-12-13(7-11)19-6-2-5-18-12/h3-4,7-8H,2,5-6,9,15H2,1H3. The van der Waals surface area contributed by atoms with E-state index in [9.17, 15) is 0 Å². The van der Waals surface area contributed by atoms with Gasteiger partial charge in [0.15, 0.2) is 11.5 Å². The van der Waals surface area contributed by atoms with Crippen molar-refractivity contribution >= 4 is 5.82 Å². The molecule has 1 aliphatic heterocycles. The minimum atomic E-state index is 0.635. The molecule has 19 heavy (non-hydrogen) atoms. The first-order valence-electron chi connectivity index (χ1n) is 6.40. The van der Waals surface area contributed by atoms with Crippen molar-refractivity contribution in [1.29, 1.82) is 0 Å². The minimum absolute atomic E-state index is 0.635. The fraction of sp³-hybridized carbons (Fsp3) is 0.357. The van der Waals surface area contributed by atoms with Gasteiger partial charge in [0.05, 0.1) is 26.0 Å². The SMILES string of the molecule is Cc1cnn(Cc2ccc3c(c2)OCCCO3)c1N. The third-order valence-electron chi connectivity index (χ3n) is 3.22. The topological polar surface area (TPSA) is 62.3 Å². The van der Waals surface area contributed by atoms with Crippen LogP contribution in [-0.4, -0.2) is 23.0 Å². The molecule has 1 aliphatic rings. The normalized spacial score (nSPS) is 14.2. The Morgan fingerprint density at radius 2 is 2.05 bits per heavy atom. The number of fused-ring (bicyclic) bond motifs is 1. The molecule has 3 rings (SSSR count). The van der Waals surface area contributed by atoms with Crippen molar-refractivity contribution in [3.8, 4) is 11.5 Å². The third-order valence-corrected chi connectivity index (χ3v) is 3.22. The zero-order valence-corrected chi connectivity index (χ0v) is 10.9. The second-order valence-corrected chi connectivity index (χ2v) is 4.70. The minimum Gasteiger partial charge on any atom is -0.490 e. The summed E-state index contributed by atoms with van der Waals surface area (Å²) in [5.74, 6) is 2.32. The zero-order chi connectivity index (χ0) is 13.2. The molecule has 0 aliphatic carbocycles. The maximum atomic E-state index is 5.96. The monoisotopic (exact) mass is 259 g/mol. The Kier molecular flexibility index (Phi) is 3.03. The van der Waals surface area contributed by atoms with Crippen LogP contribution in [0.5, 0.6) is 11.5 Å². The fourth-order valence-electron chi connectivity index (χ4n) is 2.09. The molecule has 0 unspecified atom stereocenters. The van der Waals surface area contributed by atoms with Crippen LogP contribution in [0.4, 0.5) is 5.82 Å². The van der Waals surface area contributed by atoms with E-state index in [1.807, 2.05) is 25.1 Å². The molecular formula is C14H17N3O2. The predicted molar refractivity (Wildman–Crippen MR) is 72.5 cm³/mol. The number of benzene rings is 1. The van der Waals surface area contributed by atoms with Crippen LogP contribution < -0.4 is 15.2 Å². The van der Waals surface area contributed by atoms with E-state index in [1.165, 1.54) is 0 Å². The molecule has 0 saturated heterocycles. The number of nitrogens with two attached hydrogens (primary N) is 1. The maximum absolute atomic E-state index is 5.96. The van der Waals surface area contributed by atoms with Gasteiger partial charge in [-0.2, -0.15) is 5.10 Å². The molecule has 0 saturated carbocycles. The first-order valence-corrected chi connectivity index (χ1v) is 6.40. The molecule has 0 atom stereocenters. The van der Waals surface area contributed by atoms with Crippen LogP contribution in [0, 0.1) is 6.92 Å². The Morgan fingerprint density at radius 3 is 2.79 bits per heavy atom. The molecule has 5 heteroatoms. The van der Waals surface area contributed by atoms with Gasteiger partial charge >= 0.3 is 0 Å². The Labute approximate surface area is 111 Å². The van der Waals surface area contributed by atoms with Crippen molar-refractivity contribution in [2.24, 2.45) is 0 Å². The maximum Gasteiger partial charge on any atom is 0.161 e. The van der Waals surface area contributed by atoms with Crippen molar-refractivity contribution < 1.29 is 9.47 Å². The van der Waals surface area contributed by atoms with E-state index in [0.717, 1.165) is 29.0 Å². The summed E-state index contributed by atoms with van der Waals surface area (Å²) in [7, 11) is 0. The molecule has 0 radical (unpaired) electrons. The van der Waals surface area contributed by atoms with Crippen molar-refractivity contribution in [3.05, 3.63) is 35.5 Å². The molecule has 100 valence electrons. The van der Waals surface area contributed by atoms with E-state index in [2.05, 4.69) is 5.10 Å². The Balaban J connectivity index is 1.86. The van der Waals surface area contributed by atoms with E-state index in [1.54, 1.807) is 10.9 Å². The van der Waals surface area contributed by atoms with Gasteiger partial charge in [0.25, 0.3) is 0 Å². The summed E-state index contributed by atoms with van der Waals surface area (Å²) >= 11 is 0. The molecule has 1 aromatic heterocycles. The van der Waals surface area contributed by atoms with E-state index in [4.69, 9.17) is 15.2 Å². The number of rotatable bonds is 2. The molecule has 0 bridgehead atoms. The summed E-state index contributed by atoms with van der Waals surface area (Å²) < 4.78 is 13.1. The summed E-state index contributed by atoms with van der Waals surface area (Å²) in [5.41, 5.74) is 8.05. The van der Waals surface area contributed by atoms with Gasteiger partial charge in [0.2, 0.25) is 0 Å². The predicted octanol–water partition coefficient (Wildman–Crippen LogP) is 1.98. The quantitative estimate of drug-likeness (QED) is 0.895. The number of aryl methyl sites for hydroxylation is 1. The second kappa shape index (κ2) is 4.84. The molecule has 1 aromatic carbocycles. The largest absolute Gasteiger partial charge is 0.490 e. The number of hydrogen-bond donors (Lipinski definition) is 1. The molecule has 0 spiro atoms. The summed E-state index contributed by atoms with van der Waals surface area (Å²) in [5, 5.41) is 4.26. The number of hydrogen-bond acceptors (Lipinski definition) is 4. The highest BCUT2D eigenvalue weighted by Crippen LogP contribution is 2.30. The third kappa shape index (κ3) is 2.36. The lowest BCUT2D eigenvalue weighted by Gasteiger charge is -2.10. The van der Waals surface area contributed by atoms with Crippen LogP contribution in [0.3, 0.4) is 0 Å². The fourth-order valence-corrected chi connectivity index (χ4v) is 2.09. The number of nitrogen functional groups attached to an aromatic ring is 1. The van der Waals surface area contributed by atoms with Crippen LogP contribution in [0.15, 0.2) is 24.4 Å². The van der Waals surface area contributed by atoms with Crippen LogP contribution in [0.25, 0.3) is 0 Å². The van der Waals surface area contributed by atoms with Crippen LogP contribution in [0.1, 0.15) is 17.5 Å². The smallest absolute Gasteiger partial charge is 0.161 e. The zero-order valence-electron chi connectivity index (χ0n) is 10.9. The first kappa shape index (κ1) is 11.9. The van der Waals surface area contributed by atoms with Crippen LogP contribution in [-0.2, 0) is 6.54 Å². The number of ether oxygens (including phenoxy) is 2. The highest BCUT2D eigenvalue weighted by atomic mass is 16.5. The highest BCUT2D eigenvalue weighted by Gasteiger charge is 2.11. The molecule has 2 aromatic rings. The molecule has 0 amide bonds. The van der Waals surface area contributed by atoms with Gasteiger partial charge in [-0.05, 0) is 24.6 Å². The lowest BCUT2D eigenvalue weighted by Crippen LogP contribution is -2.06. The molecule has 2 N–H and O–H groups in total. The molecule has 2 heterocycles. The highest BCUT2D eigenvalue weighted by molar-refractivity contribution is 5.44. The van der Waals surface area contributed by atoms with E-state index in [0.29, 0.717) is 25.6 Å². The van der Waals surface area contributed by atoms with E-state index in [-0.39, 0.29) is 0 Å². The van der Waals surface area contributed by atoms with Gasteiger partial charge in [-0.25, -0.2) is 4.68 Å². The van der Waals surface area contributed by atoms with Crippen molar-refractivity contribution in [3.63, 3.8) is 0 Å². The van der Waals surface area contributed by atoms with Gasteiger partial charge in [-0.1, -0.05) is 6.07 Å². The average Bonchev–Trinajstić information content (AvgIpc) is 2.65. The van der Waals surface area contributed by atoms with E-state index < -0.39 is 0 Å². The number of nitrogens with zero attached hydrogens (tertiary/aromatic N) is 2. The van der Waals surface area contributed by atoms with Crippen molar-refractivity contribution in [2.75, 3.05) is 18.9 Å². The summed E-state index contributed by atoms with van der Waals surface area (Å²) in [6, 6.07) is 5.96. The second-order valence-electron chi connectivity index (χ2n) is 4.70. The molecule has 5 nitrogen and oxygen atoms in total. The first-order chi connectivity index (χ1) is 9.24. The number of aromatic nitrogens is 2. The van der Waals surface area contributed by atoms with E-state index >= 15 is 0 Å². The van der Waals surface area contributed by atoms with Gasteiger partial charge < -0.3 is 15.2 Å². The molecule has 0 fully saturated rings. The van der Waals surface area contributed by atoms with Crippen molar-refractivity contribution in [2.45, 2.75) is 19.9 Å². The van der Waals surface area contributed by atoms with Gasteiger partial charge in [0.1, 0.15) is 5.82 Å². The number of anilines is 1. The van der Waals surface area contributed by atoms with Crippen LogP contribution in [0.2, 0.25) is 0 Å². The average molecular weight is 259 g/mol. The van der Waals surface area contributed by atoms with Gasteiger partial charge in [-0.3, -0.25) is 0 Å².